The molecule has 0 aliphatic heterocycles. The third-order valence-electron chi connectivity index (χ3n) is 13.5. The van der Waals surface area contributed by atoms with E-state index in [0.29, 0.717) is 5.82 Å². The summed E-state index contributed by atoms with van der Waals surface area (Å²) in [7, 11) is 0. The Morgan fingerprint density at radius 3 is 1.84 bits per heavy atom. The lowest BCUT2D eigenvalue weighted by atomic mass is 9.96. The SMILES string of the molecule is c1ccc(-c2nc(-c3cccc(-c4ccc5c(c4)oc4cccc(-c6cccc7c8ccccc8n(-c8cccc9c8c8ccccc8n9-c8ccccc8)c67)c45)c3)nc3ccccc23)cc1. The summed E-state index contributed by atoms with van der Waals surface area (Å²) in [6, 6.07) is 81.9. The molecule has 14 rings (SSSR count). The number of nitrogens with zero attached hydrogens (tertiary/aromatic N) is 4. The summed E-state index contributed by atoms with van der Waals surface area (Å²) in [6.45, 7) is 0. The van der Waals surface area contributed by atoms with Crippen LogP contribution in [0.2, 0.25) is 0 Å². The van der Waals surface area contributed by atoms with E-state index in [4.69, 9.17) is 14.4 Å². The van der Waals surface area contributed by atoms with E-state index in [-0.39, 0.29) is 0 Å². The molecule has 0 atom stereocenters. The highest BCUT2D eigenvalue weighted by Gasteiger charge is 2.23. The molecule has 0 bridgehead atoms. The number of para-hydroxylation sites is 5. The molecular weight excluding hydrogens is 817 g/mol. The van der Waals surface area contributed by atoms with Crippen LogP contribution < -0.4 is 0 Å². The number of furan rings is 1. The van der Waals surface area contributed by atoms with Gasteiger partial charge in [0.25, 0.3) is 0 Å². The van der Waals surface area contributed by atoms with Gasteiger partial charge < -0.3 is 13.6 Å². The molecule has 312 valence electrons. The van der Waals surface area contributed by atoms with Gasteiger partial charge in [-0.25, -0.2) is 9.97 Å². The Labute approximate surface area is 385 Å². The lowest BCUT2D eigenvalue weighted by Crippen LogP contribution is -1.97. The fourth-order valence-corrected chi connectivity index (χ4v) is 10.6. The van der Waals surface area contributed by atoms with Crippen molar-refractivity contribution in [1.82, 2.24) is 19.1 Å². The zero-order valence-corrected chi connectivity index (χ0v) is 36.1. The lowest BCUT2D eigenvalue weighted by molar-refractivity contribution is 0.669. The first-order chi connectivity index (χ1) is 33.2. The van der Waals surface area contributed by atoms with Crippen LogP contribution in [0, 0.1) is 0 Å². The van der Waals surface area contributed by atoms with Crippen LogP contribution in [0.15, 0.2) is 235 Å². The zero-order chi connectivity index (χ0) is 44.0. The van der Waals surface area contributed by atoms with Gasteiger partial charge in [-0.15, -0.1) is 0 Å². The van der Waals surface area contributed by atoms with Crippen LogP contribution in [0.5, 0.6) is 0 Å². The minimum Gasteiger partial charge on any atom is -0.456 e. The van der Waals surface area contributed by atoms with Crippen LogP contribution in [0.1, 0.15) is 0 Å². The van der Waals surface area contributed by atoms with Crippen LogP contribution in [0.3, 0.4) is 0 Å². The first-order valence-corrected chi connectivity index (χ1v) is 22.7. The van der Waals surface area contributed by atoms with Crippen molar-refractivity contribution in [2.75, 3.05) is 0 Å². The first-order valence-electron chi connectivity index (χ1n) is 22.7. The summed E-state index contributed by atoms with van der Waals surface area (Å²) >= 11 is 0. The van der Waals surface area contributed by atoms with Crippen molar-refractivity contribution in [3.63, 3.8) is 0 Å². The second-order valence-electron chi connectivity index (χ2n) is 17.3. The Morgan fingerprint density at radius 1 is 0.343 bits per heavy atom. The van der Waals surface area contributed by atoms with E-state index in [2.05, 4.69) is 221 Å². The Kier molecular flexibility index (Phi) is 8.21. The molecule has 0 spiro atoms. The molecule has 0 unspecified atom stereocenters. The molecule has 0 radical (unpaired) electrons. The highest BCUT2D eigenvalue weighted by Crippen LogP contribution is 2.45. The Balaban J connectivity index is 0.943. The highest BCUT2D eigenvalue weighted by atomic mass is 16.3. The molecule has 0 amide bonds. The van der Waals surface area contributed by atoms with E-state index >= 15 is 0 Å². The van der Waals surface area contributed by atoms with E-state index in [9.17, 15) is 0 Å². The van der Waals surface area contributed by atoms with Crippen LogP contribution in [0.25, 0.3) is 133 Å². The topological polar surface area (TPSA) is 48.8 Å². The summed E-state index contributed by atoms with van der Waals surface area (Å²) in [4.78, 5) is 10.2. The van der Waals surface area contributed by atoms with Gasteiger partial charge in [-0.1, -0.05) is 164 Å². The normalized spacial score (nSPS) is 11.9. The molecule has 0 saturated heterocycles. The van der Waals surface area contributed by atoms with Crippen molar-refractivity contribution in [3.05, 3.63) is 231 Å². The minimum absolute atomic E-state index is 0.693. The van der Waals surface area contributed by atoms with Crippen LogP contribution >= 0.6 is 0 Å². The molecule has 0 aliphatic rings. The van der Waals surface area contributed by atoms with Gasteiger partial charge in [0.1, 0.15) is 11.2 Å². The fourth-order valence-electron chi connectivity index (χ4n) is 10.6. The summed E-state index contributed by atoms with van der Waals surface area (Å²) in [5.74, 6) is 0.693. The van der Waals surface area contributed by atoms with E-state index < -0.39 is 0 Å². The van der Waals surface area contributed by atoms with Gasteiger partial charge in [0, 0.05) is 60.1 Å². The van der Waals surface area contributed by atoms with Crippen LogP contribution in [-0.2, 0) is 0 Å². The molecule has 5 nitrogen and oxygen atoms in total. The molecule has 0 fully saturated rings. The van der Waals surface area contributed by atoms with Crippen molar-refractivity contribution in [3.8, 4) is 56.3 Å². The Hall–Kier alpha value is -9.06. The molecule has 10 aromatic carbocycles. The second-order valence-corrected chi connectivity index (χ2v) is 17.3. The summed E-state index contributed by atoms with van der Waals surface area (Å²) < 4.78 is 11.7. The smallest absolute Gasteiger partial charge is 0.160 e. The summed E-state index contributed by atoms with van der Waals surface area (Å²) in [6.07, 6.45) is 0. The van der Waals surface area contributed by atoms with Crippen molar-refractivity contribution in [2.24, 2.45) is 0 Å². The van der Waals surface area contributed by atoms with Gasteiger partial charge in [0.15, 0.2) is 5.82 Å². The first kappa shape index (κ1) is 37.3. The van der Waals surface area contributed by atoms with Gasteiger partial charge in [0.05, 0.1) is 39.0 Å². The maximum atomic E-state index is 6.81. The van der Waals surface area contributed by atoms with Gasteiger partial charge in [-0.3, -0.25) is 0 Å². The van der Waals surface area contributed by atoms with Gasteiger partial charge in [-0.05, 0) is 83.4 Å². The maximum absolute atomic E-state index is 6.81. The number of aromatic nitrogens is 4. The fraction of sp³-hybridized carbons (Fsp3) is 0. The van der Waals surface area contributed by atoms with Crippen molar-refractivity contribution in [1.29, 1.82) is 0 Å². The Morgan fingerprint density at radius 2 is 0.970 bits per heavy atom. The number of hydrogen-bond acceptors (Lipinski definition) is 3. The number of fused-ring (bicyclic) bond motifs is 10. The van der Waals surface area contributed by atoms with Gasteiger partial charge >= 0.3 is 0 Å². The third-order valence-corrected chi connectivity index (χ3v) is 13.5. The van der Waals surface area contributed by atoms with Crippen molar-refractivity contribution >= 4 is 76.5 Å². The molecule has 4 aromatic heterocycles. The van der Waals surface area contributed by atoms with E-state index in [0.717, 1.165) is 94.3 Å². The average Bonchev–Trinajstić information content (AvgIpc) is 4.07. The lowest BCUT2D eigenvalue weighted by Gasteiger charge is -2.14. The molecule has 0 N–H and O–H groups in total. The highest BCUT2D eigenvalue weighted by molar-refractivity contribution is 6.21. The Bertz CT molecular complexity index is 4270. The molecule has 0 saturated carbocycles. The molecule has 14 aromatic rings. The van der Waals surface area contributed by atoms with Crippen molar-refractivity contribution in [2.45, 2.75) is 0 Å². The maximum Gasteiger partial charge on any atom is 0.160 e. The second kappa shape index (κ2) is 14.7. The minimum atomic E-state index is 0.693. The molecular formula is C62H38N4O. The largest absolute Gasteiger partial charge is 0.456 e. The molecule has 0 aliphatic carbocycles. The summed E-state index contributed by atoms with van der Waals surface area (Å²) in [5, 5.41) is 8.05. The van der Waals surface area contributed by atoms with Crippen LogP contribution in [-0.4, -0.2) is 19.1 Å². The number of hydrogen-bond donors (Lipinski definition) is 0. The molecule has 67 heavy (non-hydrogen) atoms. The molecule has 4 heterocycles. The van der Waals surface area contributed by atoms with E-state index in [1.54, 1.807) is 0 Å². The monoisotopic (exact) mass is 854 g/mol. The predicted octanol–water partition coefficient (Wildman–Crippen LogP) is 16.4. The predicted molar refractivity (Wildman–Crippen MR) is 277 cm³/mol. The average molecular weight is 855 g/mol. The third kappa shape index (κ3) is 5.75. The quantitative estimate of drug-likeness (QED) is 0.167. The molecule has 5 heteroatoms. The summed E-state index contributed by atoms with van der Waals surface area (Å²) in [5.41, 5.74) is 16.9. The number of rotatable bonds is 6. The zero-order valence-electron chi connectivity index (χ0n) is 36.1. The van der Waals surface area contributed by atoms with E-state index in [1.165, 1.54) is 32.6 Å². The van der Waals surface area contributed by atoms with Gasteiger partial charge in [0.2, 0.25) is 0 Å². The standard InChI is InChI=1S/C62H38N4O/c1-3-17-39(18-4-1)60-48-24-7-10-29-51(48)63-62(64-60)42-20-13-19-40(37-42)41-35-36-50-57(38-41)67-56-34-15-26-45(58(50)56)47-28-14-27-46-44-23-8-11-30-52(44)66(61(46)47)55-33-16-32-54-59(55)49-25-9-12-31-53(49)65(54)43-21-5-2-6-22-43/h1-38H. The number of benzene rings is 10. The van der Waals surface area contributed by atoms with E-state index in [1.807, 2.05) is 18.2 Å². The van der Waals surface area contributed by atoms with Crippen molar-refractivity contribution < 1.29 is 4.42 Å². The van der Waals surface area contributed by atoms with Gasteiger partial charge in [-0.2, -0.15) is 0 Å². The van der Waals surface area contributed by atoms with Crippen LogP contribution in [0.4, 0.5) is 0 Å².